The van der Waals surface area contributed by atoms with Crippen LogP contribution in [0.2, 0.25) is 0 Å². The summed E-state index contributed by atoms with van der Waals surface area (Å²) in [7, 11) is 0. The van der Waals surface area contributed by atoms with Gasteiger partial charge in [-0.1, -0.05) is 44.2 Å². The topological polar surface area (TPSA) is 0 Å². The van der Waals surface area contributed by atoms with Crippen LogP contribution < -0.4 is 0 Å². The third-order valence-electron chi connectivity index (χ3n) is 3.90. The molecule has 0 fully saturated rings. The van der Waals surface area contributed by atoms with Gasteiger partial charge in [-0.2, -0.15) is 52.7 Å². The quantitative estimate of drug-likeness (QED) is 0.377. The molecule has 12 heteroatoms. The molecule has 1 aromatic rings. The third-order valence-corrected chi connectivity index (χ3v) is 3.90. The van der Waals surface area contributed by atoms with Gasteiger partial charge in [-0.05, 0) is 26.3 Å². The number of hydrogen-bond acceptors (Lipinski definition) is 0. The van der Waals surface area contributed by atoms with Gasteiger partial charge < -0.3 is 0 Å². The predicted octanol–water partition coefficient (Wildman–Crippen LogP) is 8.23. The highest BCUT2D eigenvalue weighted by molar-refractivity contribution is 5.28. The van der Waals surface area contributed by atoms with Gasteiger partial charge in [-0.15, -0.1) is 0 Å². The Labute approximate surface area is 159 Å². The van der Waals surface area contributed by atoms with E-state index in [1.54, 1.807) is 0 Å². The van der Waals surface area contributed by atoms with Gasteiger partial charge in [0, 0.05) is 0 Å². The van der Waals surface area contributed by atoms with Crippen molar-refractivity contribution in [2.75, 3.05) is 0 Å². The van der Waals surface area contributed by atoms with Gasteiger partial charge in [-0.25, -0.2) is 0 Å². The Kier molecular flexibility index (Phi) is 9.65. The van der Waals surface area contributed by atoms with E-state index in [0.29, 0.717) is 0 Å². The molecule has 0 unspecified atom stereocenters. The molecule has 172 valence electrons. The second-order valence-electron chi connectivity index (χ2n) is 6.11. The van der Waals surface area contributed by atoms with Crippen molar-refractivity contribution in [3.05, 3.63) is 35.9 Å². The van der Waals surface area contributed by atoms with Crippen molar-refractivity contribution < 1.29 is 52.7 Å². The Morgan fingerprint density at radius 1 is 0.483 bits per heavy atom. The first kappa shape index (κ1) is 29.6. The molecule has 0 heterocycles. The zero-order chi connectivity index (χ0) is 24.1. The second kappa shape index (κ2) is 9.46. The fraction of sp³-hybridized carbons (Fsp3) is 0.647. The van der Waals surface area contributed by atoms with Crippen molar-refractivity contribution in [1.82, 2.24) is 0 Å². The minimum absolute atomic E-state index is 0.104. The van der Waals surface area contributed by atoms with E-state index in [2.05, 4.69) is 0 Å². The molecule has 1 aromatic carbocycles. The molecule has 0 bridgehead atoms. The molecule has 0 amide bonds. The van der Waals surface area contributed by atoms with Gasteiger partial charge in [0.15, 0.2) is 10.8 Å². The molecule has 0 aromatic heterocycles. The van der Waals surface area contributed by atoms with E-state index in [4.69, 9.17) is 0 Å². The number of hydrogen-bond donors (Lipinski definition) is 0. The lowest BCUT2D eigenvalue weighted by molar-refractivity contribution is -0.327. The fourth-order valence-electron chi connectivity index (χ4n) is 1.42. The molecular formula is C17H20F12. The van der Waals surface area contributed by atoms with Crippen LogP contribution >= 0.6 is 0 Å². The van der Waals surface area contributed by atoms with E-state index in [-0.39, 0.29) is 20.8 Å². The lowest BCUT2D eigenvalue weighted by atomic mass is 9.81. The summed E-state index contributed by atoms with van der Waals surface area (Å²) in [6.45, 7) is 4.35. The largest absolute Gasteiger partial charge is 0.406 e. The van der Waals surface area contributed by atoms with Crippen LogP contribution in [0.3, 0.4) is 0 Å². The maximum atomic E-state index is 12.6. The Morgan fingerprint density at radius 3 is 0.931 bits per heavy atom. The summed E-state index contributed by atoms with van der Waals surface area (Å²) in [5, 5.41) is 0. The molecule has 0 saturated heterocycles. The molecule has 0 aliphatic carbocycles. The molecule has 29 heavy (non-hydrogen) atoms. The standard InChI is InChI=1S/C10H8F6.C5H6F6.C2H6/c1-8(9(11,12)13,10(14,15)16)7-5-3-2-4-6-7;1-3(2,4(6,7)8)5(9,10)11;1-2/h2-6H,1H3;1-2H3;1-2H3. The normalized spacial score (nSPS) is 13.7. The number of benzene rings is 1. The summed E-state index contributed by atoms with van der Waals surface area (Å²) in [5.74, 6) is 0. The van der Waals surface area contributed by atoms with E-state index in [9.17, 15) is 52.7 Å². The summed E-state index contributed by atoms with van der Waals surface area (Å²) in [5.41, 5.74) is -8.27. The molecule has 0 N–H and O–H groups in total. The average Bonchev–Trinajstić information content (AvgIpc) is 2.53. The van der Waals surface area contributed by atoms with Crippen molar-refractivity contribution in [3.63, 3.8) is 0 Å². The Morgan fingerprint density at radius 2 is 0.759 bits per heavy atom. The number of halogens is 12. The van der Waals surface area contributed by atoms with E-state index in [0.717, 1.165) is 24.3 Å². The average molecular weight is 452 g/mol. The van der Waals surface area contributed by atoms with Gasteiger partial charge in [0.25, 0.3) is 0 Å². The maximum absolute atomic E-state index is 12.6. The molecule has 0 radical (unpaired) electrons. The van der Waals surface area contributed by atoms with Crippen molar-refractivity contribution in [2.24, 2.45) is 5.41 Å². The molecule has 0 nitrogen and oxygen atoms in total. The molecule has 0 aliphatic heterocycles. The molecule has 0 spiro atoms. The number of alkyl halides is 12. The minimum atomic E-state index is -5.38. The van der Waals surface area contributed by atoms with Crippen molar-refractivity contribution >= 4 is 0 Å². The summed E-state index contributed by atoms with van der Waals surface area (Å²) >= 11 is 0. The summed E-state index contributed by atoms with van der Waals surface area (Å²) in [6.07, 6.45) is -21.3. The van der Waals surface area contributed by atoms with E-state index >= 15 is 0 Å². The Hall–Kier alpha value is -1.62. The highest BCUT2D eigenvalue weighted by Gasteiger charge is 2.68. The SMILES string of the molecule is CC.CC(C)(C(F)(F)F)C(F)(F)F.CC(c1ccccc1)(C(F)(F)F)C(F)(F)F. The molecule has 1 rings (SSSR count). The first-order chi connectivity index (χ1) is 12.6. The first-order valence-corrected chi connectivity index (χ1v) is 7.93. The zero-order valence-electron chi connectivity index (χ0n) is 15.9. The van der Waals surface area contributed by atoms with Crippen LogP contribution in [0.4, 0.5) is 52.7 Å². The lowest BCUT2D eigenvalue weighted by Crippen LogP contribution is -2.51. The predicted molar refractivity (Wildman–Crippen MR) is 83.1 cm³/mol. The van der Waals surface area contributed by atoms with Crippen LogP contribution in [-0.2, 0) is 5.41 Å². The minimum Gasteiger partial charge on any atom is -0.170 e. The van der Waals surface area contributed by atoms with E-state index < -0.39 is 41.1 Å². The summed E-state index contributed by atoms with van der Waals surface area (Å²) < 4.78 is 145. The van der Waals surface area contributed by atoms with Gasteiger partial charge in [0.2, 0.25) is 0 Å². The zero-order valence-corrected chi connectivity index (χ0v) is 15.9. The van der Waals surface area contributed by atoms with Crippen molar-refractivity contribution in [2.45, 2.75) is 64.7 Å². The number of rotatable bonds is 1. The monoisotopic (exact) mass is 452 g/mol. The second-order valence-corrected chi connectivity index (χ2v) is 6.11. The molecule has 0 saturated carbocycles. The lowest BCUT2D eigenvalue weighted by Gasteiger charge is -2.34. The highest BCUT2D eigenvalue weighted by Crippen LogP contribution is 2.51. The Balaban J connectivity index is 0. The fourth-order valence-corrected chi connectivity index (χ4v) is 1.42. The van der Waals surface area contributed by atoms with Crippen LogP contribution in [0.25, 0.3) is 0 Å². The first-order valence-electron chi connectivity index (χ1n) is 7.93. The molecular weight excluding hydrogens is 432 g/mol. The van der Waals surface area contributed by atoms with Gasteiger partial charge in [0.1, 0.15) is 0 Å². The van der Waals surface area contributed by atoms with Gasteiger partial charge in [-0.3, -0.25) is 0 Å². The molecule has 0 aliphatic rings. The van der Waals surface area contributed by atoms with Crippen LogP contribution in [-0.4, -0.2) is 24.7 Å². The van der Waals surface area contributed by atoms with Crippen LogP contribution in [0, 0.1) is 5.41 Å². The van der Waals surface area contributed by atoms with Gasteiger partial charge in [0.05, 0.1) is 0 Å². The van der Waals surface area contributed by atoms with Crippen molar-refractivity contribution in [3.8, 4) is 0 Å². The maximum Gasteiger partial charge on any atom is 0.406 e. The van der Waals surface area contributed by atoms with Crippen molar-refractivity contribution in [1.29, 1.82) is 0 Å². The summed E-state index contributed by atoms with van der Waals surface area (Å²) in [6, 6.07) is 5.29. The van der Waals surface area contributed by atoms with Crippen LogP contribution in [0.15, 0.2) is 30.3 Å². The smallest absolute Gasteiger partial charge is 0.170 e. The van der Waals surface area contributed by atoms with E-state index in [1.165, 1.54) is 6.07 Å². The van der Waals surface area contributed by atoms with Gasteiger partial charge >= 0.3 is 24.7 Å². The van der Waals surface area contributed by atoms with Crippen LogP contribution in [0.1, 0.15) is 40.2 Å². The molecule has 0 atom stereocenters. The summed E-state index contributed by atoms with van der Waals surface area (Å²) in [4.78, 5) is 0. The third kappa shape index (κ3) is 6.70. The van der Waals surface area contributed by atoms with Crippen LogP contribution in [0.5, 0.6) is 0 Å². The highest BCUT2D eigenvalue weighted by atomic mass is 19.4. The Bertz CT molecular complexity index is 558. The van der Waals surface area contributed by atoms with E-state index in [1.807, 2.05) is 13.8 Å².